The van der Waals surface area contributed by atoms with Crippen LogP contribution in [0.1, 0.15) is 42.5 Å². The maximum absolute atomic E-state index is 11.8. The third-order valence-corrected chi connectivity index (χ3v) is 3.47. The summed E-state index contributed by atoms with van der Waals surface area (Å²) in [7, 11) is 0. The van der Waals surface area contributed by atoms with E-state index in [2.05, 4.69) is 5.32 Å². The van der Waals surface area contributed by atoms with Gasteiger partial charge in [-0.15, -0.1) is 0 Å². The number of phenols is 1. The molecule has 0 aromatic heterocycles. The number of phenolic OH excluding ortho intramolecular Hbond substituents is 1. The molecule has 1 aliphatic carbocycles. The van der Waals surface area contributed by atoms with Crippen LogP contribution in [-0.2, 0) is 4.79 Å². The van der Waals surface area contributed by atoms with E-state index in [9.17, 15) is 14.7 Å². The van der Waals surface area contributed by atoms with Crippen molar-refractivity contribution >= 4 is 17.6 Å². The number of carboxylic acid groups (broad SMARTS) is 1. The summed E-state index contributed by atoms with van der Waals surface area (Å²) in [5.41, 5.74) is 0.192. The second-order valence-corrected chi connectivity index (χ2v) is 4.94. The predicted octanol–water partition coefficient (Wildman–Crippen LogP) is 2.61. The number of hydrogen-bond donors (Lipinski definition) is 3. The van der Waals surface area contributed by atoms with Crippen LogP contribution in [0.5, 0.6) is 5.75 Å². The standard InChI is InChI=1S/C14H17NO4/c16-12-6-5-10(14(18)19)8-11(12)15-13(17)7-9-3-1-2-4-9/h5-6,8-9,16H,1-4,7H2,(H,15,17)(H,18,19). The van der Waals surface area contributed by atoms with Crippen molar-refractivity contribution < 1.29 is 19.8 Å². The van der Waals surface area contributed by atoms with Crippen LogP contribution in [-0.4, -0.2) is 22.1 Å². The first-order valence-electron chi connectivity index (χ1n) is 6.42. The monoisotopic (exact) mass is 263 g/mol. The van der Waals surface area contributed by atoms with Gasteiger partial charge < -0.3 is 15.5 Å². The van der Waals surface area contributed by atoms with Gasteiger partial charge in [0.25, 0.3) is 0 Å². The second kappa shape index (κ2) is 5.73. The Morgan fingerprint density at radius 2 is 1.95 bits per heavy atom. The Bertz CT molecular complexity index is 492. The van der Waals surface area contributed by atoms with Crippen LogP contribution < -0.4 is 5.32 Å². The Hall–Kier alpha value is -2.04. The molecule has 0 atom stereocenters. The molecule has 1 amide bonds. The number of carbonyl (C=O) groups excluding carboxylic acids is 1. The van der Waals surface area contributed by atoms with Crippen molar-refractivity contribution in [1.29, 1.82) is 0 Å². The van der Waals surface area contributed by atoms with E-state index < -0.39 is 5.97 Å². The van der Waals surface area contributed by atoms with Gasteiger partial charge in [-0.25, -0.2) is 4.79 Å². The summed E-state index contributed by atoms with van der Waals surface area (Å²) >= 11 is 0. The fraction of sp³-hybridized carbons (Fsp3) is 0.429. The lowest BCUT2D eigenvalue weighted by Gasteiger charge is -2.11. The number of anilines is 1. The van der Waals surface area contributed by atoms with E-state index in [1.807, 2.05) is 0 Å². The van der Waals surface area contributed by atoms with Gasteiger partial charge in [0, 0.05) is 6.42 Å². The molecular formula is C14H17NO4. The lowest BCUT2D eigenvalue weighted by molar-refractivity contribution is -0.117. The van der Waals surface area contributed by atoms with Gasteiger partial charge in [-0.05, 0) is 37.0 Å². The molecule has 0 spiro atoms. The van der Waals surface area contributed by atoms with Crippen molar-refractivity contribution in [1.82, 2.24) is 0 Å². The van der Waals surface area contributed by atoms with Crippen LogP contribution in [0.2, 0.25) is 0 Å². The lowest BCUT2D eigenvalue weighted by atomic mass is 10.0. The third-order valence-electron chi connectivity index (χ3n) is 3.47. The van der Waals surface area contributed by atoms with Crippen molar-refractivity contribution in [3.05, 3.63) is 23.8 Å². The van der Waals surface area contributed by atoms with Gasteiger partial charge in [0.05, 0.1) is 11.3 Å². The fourth-order valence-corrected chi connectivity index (χ4v) is 2.45. The minimum absolute atomic E-state index is 0.0361. The summed E-state index contributed by atoms with van der Waals surface area (Å²) in [5, 5.41) is 21.1. The van der Waals surface area contributed by atoms with Crippen LogP contribution in [0, 0.1) is 5.92 Å². The molecule has 2 rings (SSSR count). The highest BCUT2D eigenvalue weighted by Gasteiger charge is 2.19. The van der Waals surface area contributed by atoms with E-state index in [1.54, 1.807) is 0 Å². The van der Waals surface area contributed by atoms with Crippen LogP contribution in [0.4, 0.5) is 5.69 Å². The molecular weight excluding hydrogens is 246 g/mol. The van der Waals surface area contributed by atoms with Crippen LogP contribution in [0.3, 0.4) is 0 Å². The number of rotatable bonds is 4. The molecule has 1 aromatic carbocycles. The summed E-state index contributed by atoms with van der Waals surface area (Å²) in [6, 6.07) is 3.84. The first kappa shape index (κ1) is 13.4. The van der Waals surface area contributed by atoms with Crippen molar-refractivity contribution in [3.63, 3.8) is 0 Å². The predicted molar refractivity (Wildman–Crippen MR) is 70.3 cm³/mol. The zero-order chi connectivity index (χ0) is 13.8. The third kappa shape index (κ3) is 3.47. The zero-order valence-electron chi connectivity index (χ0n) is 10.6. The van der Waals surface area contributed by atoms with Gasteiger partial charge in [0.15, 0.2) is 0 Å². The van der Waals surface area contributed by atoms with E-state index in [4.69, 9.17) is 5.11 Å². The van der Waals surface area contributed by atoms with Crippen molar-refractivity contribution in [2.45, 2.75) is 32.1 Å². The molecule has 1 saturated carbocycles. The summed E-state index contributed by atoms with van der Waals surface area (Å²) in [6.07, 6.45) is 4.88. The Morgan fingerprint density at radius 3 is 2.58 bits per heavy atom. The van der Waals surface area contributed by atoms with Crippen molar-refractivity contribution in [2.75, 3.05) is 5.32 Å². The molecule has 0 unspecified atom stereocenters. The van der Waals surface area contributed by atoms with Crippen molar-refractivity contribution in [2.24, 2.45) is 5.92 Å². The van der Waals surface area contributed by atoms with Gasteiger partial charge in [-0.2, -0.15) is 0 Å². The summed E-state index contributed by atoms with van der Waals surface area (Å²) in [6.45, 7) is 0. The second-order valence-electron chi connectivity index (χ2n) is 4.94. The number of aromatic hydroxyl groups is 1. The molecule has 102 valence electrons. The van der Waals surface area contributed by atoms with Gasteiger partial charge in [0.2, 0.25) is 5.91 Å². The number of amides is 1. The Morgan fingerprint density at radius 1 is 1.26 bits per heavy atom. The first-order chi connectivity index (χ1) is 9.06. The van der Waals surface area contributed by atoms with Gasteiger partial charge in [0.1, 0.15) is 5.75 Å². The summed E-state index contributed by atoms with van der Waals surface area (Å²) in [4.78, 5) is 22.7. The molecule has 19 heavy (non-hydrogen) atoms. The summed E-state index contributed by atoms with van der Waals surface area (Å²) < 4.78 is 0. The van der Waals surface area contributed by atoms with Crippen LogP contribution in [0.15, 0.2) is 18.2 Å². The summed E-state index contributed by atoms with van der Waals surface area (Å²) in [5.74, 6) is -0.981. The van der Waals surface area contributed by atoms with Crippen LogP contribution >= 0.6 is 0 Å². The molecule has 5 nitrogen and oxygen atoms in total. The van der Waals surface area contributed by atoms with Gasteiger partial charge in [-0.3, -0.25) is 4.79 Å². The highest BCUT2D eigenvalue weighted by Crippen LogP contribution is 2.29. The number of benzene rings is 1. The quantitative estimate of drug-likeness (QED) is 0.729. The molecule has 5 heteroatoms. The number of nitrogens with one attached hydrogen (secondary N) is 1. The number of carboxylic acids is 1. The highest BCUT2D eigenvalue weighted by atomic mass is 16.4. The van der Waals surface area contributed by atoms with Gasteiger partial charge in [-0.1, -0.05) is 12.8 Å². The molecule has 0 heterocycles. The Labute approximate surface area is 111 Å². The van der Waals surface area contributed by atoms with E-state index in [1.165, 1.54) is 18.2 Å². The largest absolute Gasteiger partial charge is 0.506 e. The van der Waals surface area contributed by atoms with E-state index in [0.717, 1.165) is 25.7 Å². The molecule has 0 bridgehead atoms. The van der Waals surface area contributed by atoms with Crippen LogP contribution in [0.25, 0.3) is 0 Å². The minimum Gasteiger partial charge on any atom is -0.506 e. The molecule has 1 aliphatic rings. The van der Waals surface area contributed by atoms with E-state index in [0.29, 0.717) is 12.3 Å². The van der Waals surface area contributed by atoms with Crippen molar-refractivity contribution in [3.8, 4) is 5.75 Å². The number of carbonyl (C=O) groups is 2. The zero-order valence-corrected chi connectivity index (χ0v) is 10.6. The molecule has 3 N–H and O–H groups in total. The minimum atomic E-state index is -1.09. The molecule has 0 aliphatic heterocycles. The highest BCUT2D eigenvalue weighted by molar-refractivity contribution is 5.95. The fourth-order valence-electron chi connectivity index (χ4n) is 2.45. The Kier molecular flexibility index (Phi) is 4.04. The average Bonchev–Trinajstić information content (AvgIpc) is 2.84. The van der Waals surface area contributed by atoms with E-state index in [-0.39, 0.29) is 22.9 Å². The maximum atomic E-state index is 11.8. The normalized spacial score (nSPS) is 15.4. The average molecular weight is 263 g/mol. The smallest absolute Gasteiger partial charge is 0.335 e. The topological polar surface area (TPSA) is 86.6 Å². The molecule has 1 aromatic rings. The lowest BCUT2D eigenvalue weighted by Crippen LogP contribution is -2.15. The molecule has 1 fully saturated rings. The molecule has 0 radical (unpaired) electrons. The Balaban J connectivity index is 2.02. The van der Waals surface area contributed by atoms with Gasteiger partial charge >= 0.3 is 5.97 Å². The first-order valence-corrected chi connectivity index (χ1v) is 6.42. The maximum Gasteiger partial charge on any atom is 0.335 e. The number of aromatic carboxylic acids is 1. The van der Waals surface area contributed by atoms with E-state index >= 15 is 0 Å². The number of hydrogen-bond acceptors (Lipinski definition) is 3. The SMILES string of the molecule is O=C(CC1CCCC1)Nc1cc(C(=O)O)ccc1O. The molecule has 0 saturated heterocycles.